The fourth-order valence-corrected chi connectivity index (χ4v) is 2.13. The fourth-order valence-electron chi connectivity index (χ4n) is 1.23. The van der Waals surface area contributed by atoms with E-state index in [9.17, 15) is 4.39 Å². The third-order valence-corrected chi connectivity index (χ3v) is 2.91. The molecule has 0 radical (unpaired) electrons. The maximum Gasteiger partial charge on any atom is 0.202 e. The van der Waals surface area contributed by atoms with Crippen LogP contribution in [-0.2, 0) is 0 Å². The molecule has 0 saturated heterocycles. The molecule has 0 aliphatic heterocycles. The molecule has 0 amide bonds. The van der Waals surface area contributed by atoms with Crippen LogP contribution in [0.3, 0.4) is 0 Å². The first-order chi connectivity index (χ1) is 7.70. The number of hydrogen-bond donors (Lipinski definition) is 1. The van der Waals surface area contributed by atoms with Crippen molar-refractivity contribution in [2.75, 3.05) is 11.9 Å². The van der Waals surface area contributed by atoms with Crippen molar-refractivity contribution >= 4 is 28.3 Å². The van der Waals surface area contributed by atoms with E-state index in [1.165, 1.54) is 23.7 Å². The molecule has 0 spiro atoms. The lowest BCUT2D eigenvalue weighted by Crippen LogP contribution is -1.95. The SMILES string of the molecule is CCNc1nc(-c2ccc(F)cc2Cl)ns1. The summed E-state index contributed by atoms with van der Waals surface area (Å²) >= 11 is 7.17. The minimum Gasteiger partial charge on any atom is -0.361 e. The first-order valence-electron chi connectivity index (χ1n) is 4.73. The minimum absolute atomic E-state index is 0.320. The van der Waals surface area contributed by atoms with E-state index in [-0.39, 0.29) is 5.82 Å². The van der Waals surface area contributed by atoms with Gasteiger partial charge in [0.15, 0.2) is 5.82 Å². The Hall–Kier alpha value is -1.20. The van der Waals surface area contributed by atoms with Gasteiger partial charge in [-0.1, -0.05) is 11.6 Å². The molecule has 1 aromatic carbocycles. The van der Waals surface area contributed by atoms with E-state index >= 15 is 0 Å². The third-order valence-electron chi connectivity index (χ3n) is 1.93. The monoisotopic (exact) mass is 257 g/mol. The third kappa shape index (κ3) is 2.31. The summed E-state index contributed by atoms with van der Waals surface area (Å²) in [6.07, 6.45) is 0. The number of rotatable bonds is 3. The van der Waals surface area contributed by atoms with Crippen LogP contribution in [0.1, 0.15) is 6.92 Å². The highest BCUT2D eigenvalue weighted by Crippen LogP contribution is 2.28. The van der Waals surface area contributed by atoms with Crippen LogP contribution in [0.4, 0.5) is 9.52 Å². The molecule has 2 aromatic rings. The number of halogens is 2. The Morgan fingerprint density at radius 1 is 1.50 bits per heavy atom. The molecule has 0 aliphatic rings. The molecular formula is C10H9ClFN3S. The molecule has 84 valence electrons. The van der Waals surface area contributed by atoms with Gasteiger partial charge < -0.3 is 5.32 Å². The largest absolute Gasteiger partial charge is 0.361 e. The van der Waals surface area contributed by atoms with Crippen molar-refractivity contribution in [3.8, 4) is 11.4 Å². The van der Waals surface area contributed by atoms with Gasteiger partial charge in [0.25, 0.3) is 0 Å². The first-order valence-corrected chi connectivity index (χ1v) is 5.89. The smallest absolute Gasteiger partial charge is 0.202 e. The highest BCUT2D eigenvalue weighted by molar-refractivity contribution is 7.09. The zero-order valence-electron chi connectivity index (χ0n) is 8.50. The summed E-state index contributed by atoms with van der Waals surface area (Å²) in [4.78, 5) is 4.25. The molecule has 0 fully saturated rings. The second-order valence-corrected chi connectivity index (χ2v) is 4.24. The van der Waals surface area contributed by atoms with Crippen LogP contribution in [0.15, 0.2) is 18.2 Å². The summed E-state index contributed by atoms with van der Waals surface area (Å²) in [5.74, 6) is 0.154. The number of hydrogen-bond acceptors (Lipinski definition) is 4. The van der Waals surface area contributed by atoms with Gasteiger partial charge in [0.05, 0.1) is 5.02 Å². The Kier molecular flexibility index (Phi) is 3.36. The molecule has 0 unspecified atom stereocenters. The Morgan fingerprint density at radius 3 is 3.00 bits per heavy atom. The predicted molar refractivity (Wildman–Crippen MR) is 64.5 cm³/mol. The molecule has 0 bridgehead atoms. The number of anilines is 1. The maximum atomic E-state index is 12.9. The summed E-state index contributed by atoms with van der Waals surface area (Å²) in [6.45, 7) is 2.76. The number of benzene rings is 1. The Labute approximate surface area is 101 Å². The Balaban J connectivity index is 2.35. The standard InChI is InChI=1S/C10H9ClFN3S/c1-2-13-10-14-9(15-16-10)7-4-3-6(12)5-8(7)11/h3-5H,2H2,1H3,(H,13,14,15). The van der Waals surface area contributed by atoms with Gasteiger partial charge in [0, 0.05) is 23.6 Å². The van der Waals surface area contributed by atoms with E-state index in [0.29, 0.717) is 16.4 Å². The zero-order valence-corrected chi connectivity index (χ0v) is 10.1. The van der Waals surface area contributed by atoms with Gasteiger partial charge >= 0.3 is 0 Å². The lowest BCUT2D eigenvalue weighted by atomic mass is 10.2. The average molecular weight is 258 g/mol. The van der Waals surface area contributed by atoms with Crippen LogP contribution in [0.5, 0.6) is 0 Å². The second kappa shape index (κ2) is 4.76. The molecular weight excluding hydrogens is 249 g/mol. The lowest BCUT2D eigenvalue weighted by Gasteiger charge is -1.98. The Morgan fingerprint density at radius 2 is 2.31 bits per heavy atom. The van der Waals surface area contributed by atoms with E-state index in [1.54, 1.807) is 6.07 Å². The van der Waals surface area contributed by atoms with Crippen LogP contribution < -0.4 is 5.32 Å². The molecule has 0 aliphatic carbocycles. The van der Waals surface area contributed by atoms with Gasteiger partial charge in [0.1, 0.15) is 5.82 Å². The fraction of sp³-hybridized carbons (Fsp3) is 0.200. The van der Waals surface area contributed by atoms with E-state index < -0.39 is 0 Å². The van der Waals surface area contributed by atoms with E-state index in [1.807, 2.05) is 6.92 Å². The van der Waals surface area contributed by atoms with Crippen molar-refractivity contribution in [2.24, 2.45) is 0 Å². The molecule has 1 heterocycles. The molecule has 16 heavy (non-hydrogen) atoms. The summed E-state index contributed by atoms with van der Waals surface area (Å²) in [6, 6.07) is 4.18. The lowest BCUT2D eigenvalue weighted by molar-refractivity contribution is 0.628. The van der Waals surface area contributed by atoms with Crippen molar-refractivity contribution in [3.05, 3.63) is 29.0 Å². The van der Waals surface area contributed by atoms with Crippen molar-refractivity contribution in [1.29, 1.82) is 0 Å². The van der Waals surface area contributed by atoms with Crippen LogP contribution in [0.2, 0.25) is 5.02 Å². The molecule has 2 rings (SSSR count). The highest BCUT2D eigenvalue weighted by Gasteiger charge is 2.10. The summed E-state index contributed by atoms with van der Waals surface area (Å²) in [5, 5.41) is 4.11. The van der Waals surface area contributed by atoms with E-state index in [4.69, 9.17) is 11.6 Å². The molecule has 1 N–H and O–H groups in total. The summed E-state index contributed by atoms with van der Waals surface area (Å²) < 4.78 is 17.0. The van der Waals surface area contributed by atoms with Crippen LogP contribution >= 0.6 is 23.1 Å². The van der Waals surface area contributed by atoms with Gasteiger partial charge in [-0.2, -0.15) is 9.36 Å². The molecule has 1 aromatic heterocycles. The van der Waals surface area contributed by atoms with Gasteiger partial charge in [0.2, 0.25) is 5.13 Å². The summed E-state index contributed by atoms with van der Waals surface area (Å²) in [5.41, 5.74) is 0.642. The average Bonchev–Trinajstić information content (AvgIpc) is 2.67. The van der Waals surface area contributed by atoms with Crippen molar-refractivity contribution in [3.63, 3.8) is 0 Å². The van der Waals surface area contributed by atoms with Gasteiger partial charge in [-0.05, 0) is 25.1 Å². The van der Waals surface area contributed by atoms with Gasteiger partial charge in [-0.3, -0.25) is 0 Å². The van der Waals surface area contributed by atoms with Gasteiger partial charge in [-0.15, -0.1) is 0 Å². The Bertz CT molecular complexity index is 501. The first kappa shape index (κ1) is 11.3. The zero-order chi connectivity index (χ0) is 11.5. The quantitative estimate of drug-likeness (QED) is 0.915. The second-order valence-electron chi connectivity index (χ2n) is 3.08. The molecule has 0 atom stereocenters. The predicted octanol–water partition coefficient (Wildman–Crippen LogP) is 3.43. The minimum atomic E-state index is -0.365. The van der Waals surface area contributed by atoms with Gasteiger partial charge in [-0.25, -0.2) is 4.39 Å². The normalized spacial score (nSPS) is 10.4. The van der Waals surface area contributed by atoms with Crippen molar-refractivity contribution in [2.45, 2.75) is 6.92 Å². The topological polar surface area (TPSA) is 37.8 Å². The number of nitrogens with one attached hydrogen (secondary N) is 1. The number of nitrogens with zero attached hydrogens (tertiary/aromatic N) is 2. The molecule has 3 nitrogen and oxygen atoms in total. The number of aromatic nitrogens is 2. The van der Waals surface area contributed by atoms with Crippen molar-refractivity contribution in [1.82, 2.24) is 9.36 Å². The summed E-state index contributed by atoms with van der Waals surface area (Å²) in [7, 11) is 0. The van der Waals surface area contributed by atoms with Crippen LogP contribution in [0.25, 0.3) is 11.4 Å². The van der Waals surface area contributed by atoms with E-state index in [2.05, 4.69) is 14.7 Å². The van der Waals surface area contributed by atoms with E-state index in [0.717, 1.165) is 11.7 Å². The molecule has 6 heteroatoms. The maximum absolute atomic E-state index is 12.9. The molecule has 0 saturated carbocycles. The van der Waals surface area contributed by atoms with Crippen molar-refractivity contribution < 1.29 is 4.39 Å². The van der Waals surface area contributed by atoms with Crippen LogP contribution in [0, 0.1) is 5.82 Å². The highest BCUT2D eigenvalue weighted by atomic mass is 35.5. The van der Waals surface area contributed by atoms with Crippen LogP contribution in [-0.4, -0.2) is 15.9 Å².